The zero-order valence-corrected chi connectivity index (χ0v) is 15.6. The molecule has 5 atom stereocenters. The summed E-state index contributed by atoms with van der Waals surface area (Å²) in [5.41, 5.74) is -1.82. The van der Waals surface area contributed by atoms with Gasteiger partial charge < -0.3 is 24.1 Å². The first-order chi connectivity index (χ1) is 12.6. The summed E-state index contributed by atoms with van der Waals surface area (Å²) in [6.45, 7) is 6.41. The van der Waals surface area contributed by atoms with E-state index in [0.29, 0.717) is 11.8 Å². The number of ether oxygens (including phenoxy) is 3. The van der Waals surface area contributed by atoms with E-state index in [2.05, 4.69) is 0 Å². The van der Waals surface area contributed by atoms with Gasteiger partial charge in [-0.1, -0.05) is 12.1 Å². The maximum absolute atomic E-state index is 13.3. The van der Waals surface area contributed by atoms with Gasteiger partial charge in [-0.2, -0.15) is 0 Å². The molecule has 7 nitrogen and oxygen atoms in total. The van der Waals surface area contributed by atoms with E-state index < -0.39 is 40.9 Å². The van der Waals surface area contributed by atoms with Gasteiger partial charge in [0.05, 0.1) is 11.7 Å². The Morgan fingerprint density at radius 3 is 2.63 bits per heavy atom. The van der Waals surface area contributed by atoms with E-state index in [9.17, 15) is 19.5 Å². The van der Waals surface area contributed by atoms with Crippen molar-refractivity contribution in [1.29, 1.82) is 0 Å². The van der Waals surface area contributed by atoms with Crippen LogP contribution in [-0.2, 0) is 24.7 Å². The van der Waals surface area contributed by atoms with Gasteiger partial charge >= 0.3 is 5.97 Å². The zero-order valence-electron chi connectivity index (χ0n) is 15.6. The van der Waals surface area contributed by atoms with Crippen molar-refractivity contribution in [3.8, 4) is 5.75 Å². The highest BCUT2D eigenvalue weighted by Crippen LogP contribution is 2.62. The van der Waals surface area contributed by atoms with Gasteiger partial charge in [0.25, 0.3) is 0 Å². The molecule has 1 saturated carbocycles. The molecule has 2 fully saturated rings. The maximum atomic E-state index is 13.3. The second kappa shape index (κ2) is 5.47. The van der Waals surface area contributed by atoms with Gasteiger partial charge in [0.1, 0.15) is 11.4 Å². The third-order valence-corrected chi connectivity index (χ3v) is 5.94. The molecule has 1 aliphatic heterocycles. The minimum Gasteiger partial charge on any atom is -0.426 e. The molecule has 1 aromatic carbocycles. The summed E-state index contributed by atoms with van der Waals surface area (Å²) in [4.78, 5) is 37.0. The topological polar surface area (TPSA) is 99.1 Å². The van der Waals surface area contributed by atoms with E-state index in [1.807, 2.05) is 0 Å². The first kappa shape index (κ1) is 18.3. The van der Waals surface area contributed by atoms with Crippen LogP contribution in [0.4, 0.5) is 0 Å². The Balaban J connectivity index is 2.00. The molecular formula is C20H22O7. The fourth-order valence-electron chi connectivity index (χ4n) is 5.33. The van der Waals surface area contributed by atoms with E-state index in [1.165, 1.54) is 6.92 Å². The number of hydrogen-bond donors (Lipinski definition) is 1. The van der Waals surface area contributed by atoms with E-state index in [1.54, 1.807) is 39.0 Å². The molecule has 1 heterocycles. The largest absolute Gasteiger partial charge is 0.426 e. The Kier molecular flexibility index (Phi) is 3.70. The van der Waals surface area contributed by atoms with E-state index in [-0.39, 0.29) is 23.5 Å². The minimum atomic E-state index is -1.54. The number of aliphatic hydroxyl groups is 1. The predicted octanol–water partition coefficient (Wildman–Crippen LogP) is 1.74. The molecule has 0 unspecified atom stereocenters. The van der Waals surface area contributed by atoms with Gasteiger partial charge in [-0.3, -0.25) is 9.59 Å². The lowest BCUT2D eigenvalue weighted by Crippen LogP contribution is -2.67. The van der Waals surface area contributed by atoms with Crippen molar-refractivity contribution in [2.75, 3.05) is 0 Å². The van der Waals surface area contributed by atoms with Gasteiger partial charge in [-0.05, 0) is 38.8 Å². The van der Waals surface area contributed by atoms with Crippen LogP contribution in [0.5, 0.6) is 5.75 Å². The van der Waals surface area contributed by atoms with Crippen molar-refractivity contribution in [3.63, 3.8) is 0 Å². The van der Waals surface area contributed by atoms with Crippen LogP contribution in [0, 0.1) is 11.8 Å². The highest BCUT2D eigenvalue weighted by molar-refractivity contribution is 6.05. The molecule has 0 amide bonds. The Morgan fingerprint density at radius 2 is 2.00 bits per heavy atom. The Hall–Kier alpha value is -2.09. The molecule has 2 aliphatic carbocycles. The van der Waals surface area contributed by atoms with Crippen LogP contribution < -0.4 is 4.74 Å². The van der Waals surface area contributed by atoms with E-state index in [4.69, 9.17) is 14.2 Å². The number of aliphatic hydroxyl groups excluding tert-OH is 1. The normalized spacial score (nSPS) is 38.7. The summed E-state index contributed by atoms with van der Waals surface area (Å²) >= 11 is 0. The number of Topliss-reactive ketones (excluding diaryl/α,β-unsaturated/α-hetero) is 1. The van der Waals surface area contributed by atoms with Crippen LogP contribution in [0.2, 0.25) is 0 Å². The molecule has 4 rings (SSSR count). The van der Waals surface area contributed by atoms with Crippen molar-refractivity contribution >= 4 is 18.0 Å². The molecule has 0 spiro atoms. The number of rotatable bonds is 2. The molecule has 1 aromatic rings. The van der Waals surface area contributed by atoms with Crippen LogP contribution in [0.15, 0.2) is 18.2 Å². The van der Waals surface area contributed by atoms with Crippen LogP contribution in [0.3, 0.4) is 0 Å². The van der Waals surface area contributed by atoms with Crippen LogP contribution in [0.25, 0.3) is 0 Å². The predicted molar refractivity (Wildman–Crippen MR) is 92.1 cm³/mol. The number of carbonyl (C=O) groups is 3. The summed E-state index contributed by atoms with van der Waals surface area (Å²) in [5.74, 6) is -3.19. The SMILES string of the molecule is CC(=O)Oc1cccc2c1C(=O)[C@H]1C[C@@H](O)[C@@]3(C=O)OC(C)(C)O[C@@]2(C)[C@H]13. The molecule has 0 aromatic heterocycles. The summed E-state index contributed by atoms with van der Waals surface area (Å²) in [5, 5.41) is 10.7. The molecule has 27 heavy (non-hydrogen) atoms. The number of ketones is 1. The monoisotopic (exact) mass is 374 g/mol. The smallest absolute Gasteiger partial charge is 0.308 e. The van der Waals surface area contributed by atoms with Gasteiger partial charge in [0.2, 0.25) is 0 Å². The van der Waals surface area contributed by atoms with Gasteiger partial charge in [-0.15, -0.1) is 0 Å². The lowest BCUT2D eigenvalue weighted by Gasteiger charge is -2.57. The van der Waals surface area contributed by atoms with Crippen LogP contribution in [0.1, 0.15) is 50.0 Å². The molecule has 3 aliphatic rings. The van der Waals surface area contributed by atoms with Crippen LogP contribution in [-0.4, -0.2) is 40.6 Å². The Morgan fingerprint density at radius 1 is 1.30 bits per heavy atom. The summed E-state index contributed by atoms with van der Waals surface area (Å²) in [6, 6.07) is 4.97. The average Bonchev–Trinajstić information content (AvgIpc) is 2.85. The van der Waals surface area contributed by atoms with E-state index in [0.717, 1.165) is 0 Å². The number of carbonyl (C=O) groups excluding carboxylic acids is 3. The van der Waals surface area contributed by atoms with Crippen molar-refractivity contribution in [1.82, 2.24) is 0 Å². The fourth-order valence-corrected chi connectivity index (χ4v) is 5.33. The van der Waals surface area contributed by atoms with E-state index >= 15 is 0 Å². The van der Waals surface area contributed by atoms with Crippen molar-refractivity contribution < 1.29 is 33.7 Å². The number of aldehydes is 1. The molecule has 1 saturated heterocycles. The fraction of sp³-hybridized carbons (Fsp3) is 0.550. The molecular weight excluding hydrogens is 352 g/mol. The number of benzene rings is 1. The first-order valence-electron chi connectivity index (χ1n) is 8.96. The average molecular weight is 374 g/mol. The zero-order chi connectivity index (χ0) is 19.8. The van der Waals surface area contributed by atoms with Crippen LogP contribution >= 0.6 is 0 Å². The second-order valence-electron chi connectivity index (χ2n) is 8.15. The number of esters is 1. The van der Waals surface area contributed by atoms with Gasteiger partial charge in [0.15, 0.2) is 23.5 Å². The quantitative estimate of drug-likeness (QED) is 0.478. The Labute approximate surface area is 156 Å². The Bertz CT molecular complexity index is 860. The molecule has 7 heteroatoms. The highest BCUT2D eigenvalue weighted by atomic mass is 16.7. The summed E-state index contributed by atoms with van der Waals surface area (Å²) < 4.78 is 17.5. The number of hydrogen-bond acceptors (Lipinski definition) is 7. The second-order valence-corrected chi connectivity index (χ2v) is 8.15. The van der Waals surface area contributed by atoms with Gasteiger partial charge in [-0.25, -0.2) is 0 Å². The standard InChI is InChI=1S/C20H22O7/c1-10(22)25-13-7-5-6-12-15(13)16(24)11-8-14(23)20(9-21)17(11)19(12,4)26-18(2,3)27-20/h5-7,9,11,14,17,23H,8H2,1-4H3/t11-,14-,17+,19-,20-/m1/s1. The van der Waals surface area contributed by atoms with Crippen molar-refractivity contribution in [2.24, 2.45) is 11.8 Å². The lowest BCUT2D eigenvalue weighted by atomic mass is 9.62. The summed E-state index contributed by atoms with van der Waals surface area (Å²) in [7, 11) is 0. The molecule has 1 N–H and O–H groups in total. The third kappa shape index (κ3) is 2.28. The molecule has 144 valence electrons. The van der Waals surface area contributed by atoms with Gasteiger partial charge in [0, 0.05) is 18.8 Å². The summed E-state index contributed by atoms with van der Waals surface area (Å²) in [6.07, 6.45) is -0.451. The maximum Gasteiger partial charge on any atom is 0.308 e. The molecule has 0 bridgehead atoms. The highest BCUT2D eigenvalue weighted by Gasteiger charge is 2.72. The van der Waals surface area contributed by atoms with Crippen molar-refractivity contribution in [3.05, 3.63) is 29.3 Å². The minimum absolute atomic E-state index is 0.0745. The lowest BCUT2D eigenvalue weighted by molar-refractivity contribution is -0.384. The third-order valence-electron chi connectivity index (χ3n) is 5.94. The van der Waals surface area contributed by atoms with Crippen molar-refractivity contribution in [2.45, 2.75) is 57.2 Å². The number of fused-ring (bicyclic) bond motifs is 2. The first-order valence-corrected chi connectivity index (χ1v) is 8.96. The molecule has 0 radical (unpaired) electrons.